The molecule has 1 aromatic rings. The Morgan fingerprint density at radius 2 is 2.14 bits per heavy atom. The first kappa shape index (κ1) is 9.65. The summed E-state index contributed by atoms with van der Waals surface area (Å²) in [4.78, 5) is 0. The molecule has 0 aromatic heterocycles. The lowest BCUT2D eigenvalue weighted by atomic mass is 10.2. The van der Waals surface area contributed by atoms with Gasteiger partial charge >= 0.3 is 0 Å². The predicted octanol–water partition coefficient (Wildman–Crippen LogP) is 1.28. The summed E-state index contributed by atoms with van der Waals surface area (Å²) in [5.41, 5.74) is 6.40. The third kappa shape index (κ3) is 2.32. The minimum Gasteiger partial charge on any atom is -0.368 e. The van der Waals surface area contributed by atoms with E-state index in [-0.39, 0.29) is 6.10 Å². The summed E-state index contributed by atoms with van der Waals surface area (Å²) in [6.07, 6.45) is 0.0613. The molecule has 0 radical (unpaired) electrons. The molecule has 2 unspecified atom stereocenters. The maximum absolute atomic E-state index is 5.92. The summed E-state index contributed by atoms with van der Waals surface area (Å²) in [5.74, 6) is 0. The Labute approximate surface area is 83.8 Å². The predicted molar refractivity (Wildman–Crippen MR) is 53.6 cm³/mol. The van der Waals surface area contributed by atoms with Gasteiger partial charge < -0.3 is 15.2 Å². The fourth-order valence-electron chi connectivity index (χ4n) is 1.29. The quantitative estimate of drug-likeness (QED) is 0.578. The number of benzene rings is 1. The highest BCUT2D eigenvalue weighted by Gasteiger charge is 2.41. The van der Waals surface area contributed by atoms with Gasteiger partial charge in [0.05, 0.1) is 13.2 Å². The molecule has 0 spiro atoms. The van der Waals surface area contributed by atoms with Crippen molar-refractivity contribution >= 4 is 0 Å². The molecule has 0 amide bonds. The third-order valence-corrected chi connectivity index (χ3v) is 2.37. The van der Waals surface area contributed by atoms with E-state index < -0.39 is 5.72 Å². The molecule has 2 rings (SSSR count). The van der Waals surface area contributed by atoms with Crippen LogP contribution in [0.15, 0.2) is 30.3 Å². The van der Waals surface area contributed by atoms with Crippen LogP contribution in [0.3, 0.4) is 0 Å². The summed E-state index contributed by atoms with van der Waals surface area (Å²) in [5, 5.41) is 0. The van der Waals surface area contributed by atoms with Gasteiger partial charge in [0.2, 0.25) is 0 Å². The summed E-state index contributed by atoms with van der Waals surface area (Å²) in [6, 6.07) is 9.99. The Kier molecular flexibility index (Phi) is 2.54. The second-order valence-electron chi connectivity index (χ2n) is 3.78. The largest absolute Gasteiger partial charge is 0.368 e. The second kappa shape index (κ2) is 3.69. The molecule has 3 heteroatoms. The van der Waals surface area contributed by atoms with Crippen molar-refractivity contribution in [3.8, 4) is 0 Å². The standard InChI is InChI=1S/C11H15NO2/c1-11(12,10-8-13-10)14-7-9-5-3-2-4-6-9/h2-6,10H,7-8,12H2,1H3. The van der Waals surface area contributed by atoms with Crippen LogP contribution in [0.5, 0.6) is 0 Å². The lowest BCUT2D eigenvalue weighted by molar-refractivity contribution is -0.0564. The van der Waals surface area contributed by atoms with Crippen LogP contribution in [0.1, 0.15) is 12.5 Å². The number of rotatable bonds is 4. The van der Waals surface area contributed by atoms with E-state index in [1.54, 1.807) is 0 Å². The first-order valence-electron chi connectivity index (χ1n) is 4.77. The van der Waals surface area contributed by atoms with Crippen molar-refractivity contribution in [1.29, 1.82) is 0 Å². The van der Waals surface area contributed by atoms with E-state index in [4.69, 9.17) is 15.2 Å². The Morgan fingerprint density at radius 1 is 1.50 bits per heavy atom. The fourth-order valence-corrected chi connectivity index (χ4v) is 1.29. The Hall–Kier alpha value is -0.900. The molecule has 0 aliphatic carbocycles. The summed E-state index contributed by atoms with van der Waals surface area (Å²) in [6.45, 7) is 3.10. The number of hydrogen-bond donors (Lipinski definition) is 1. The van der Waals surface area contributed by atoms with Crippen LogP contribution in [-0.2, 0) is 16.1 Å². The monoisotopic (exact) mass is 193 g/mol. The lowest BCUT2D eigenvalue weighted by Gasteiger charge is -2.22. The number of ether oxygens (including phenoxy) is 2. The molecule has 1 aliphatic rings. The van der Waals surface area contributed by atoms with E-state index >= 15 is 0 Å². The van der Waals surface area contributed by atoms with Crippen molar-refractivity contribution in [2.45, 2.75) is 25.4 Å². The molecule has 2 N–H and O–H groups in total. The fraction of sp³-hybridized carbons (Fsp3) is 0.455. The number of nitrogens with two attached hydrogens (primary N) is 1. The zero-order chi connectivity index (χ0) is 10.0. The van der Waals surface area contributed by atoms with E-state index in [9.17, 15) is 0 Å². The molecule has 1 fully saturated rings. The molecule has 1 aromatic carbocycles. The maximum Gasteiger partial charge on any atom is 0.143 e. The van der Waals surface area contributed by atoms with Crippen LogP contribution in [0.25, 0.3) is 0 Å². The number of epoxide rings is 1. The van der Waals surface area contributed by atoms with Gasteiger partial charge in [0.1, 0.15) is 11.8 Å². The molecule has 1 heterocycles. The first-order valence-corrected chi connectivity index (χ1v) is 4.77. The van der Waals surface area contributed by atoms with Crippen LogP contribution in [0.4, 0.5) is 0 Å². The van der Waals surface area contributed by atoms with Gasteiger partial charge in [-0.05, 0) is 12.5 Å². The van der Waals surface area contributed by atoms with Crippen molar-refractivity contribution in [1.82, 2.24) is 0 Å². The third-order valence-electron chi connectivity index (χ3n) is 2.37. The van der Waals surface area contributed by atoms with Gasteiger partial charge in [-0.25, -0.2) is 0 Å². The average Bonchev–Trinajstić information content (AvgIpc) is 3.00. The zero-order valence-electron chi connectivity index (χ0n) is 8.27. The average molecular weight is 193 g/mol. The minimum atomic E-state index is -0.657. The molecule has 1 aliphatic heterocycles. The molecule has 76 valence electrons. The van der Waals surface area contributed by atoms with Crippen molar-refractivity contribution in [2.75, 3.05) is 6.61 Å². The summed E-state index contributed by atoms with van der Waals surface area (Å²) < 4.78 is 10.7. The van der Waals surface area contributed by atoms with Crippen LogP contribution in [-0.4, -0.2) is 18.4 Å². The molecule has 3 nitrogen and oxygen atoms in total. The van der Waals surface area contributed by atoms with Gasteiger partial charge in [0.15, 0.2) is 0 Å². The van der Waals surface area contributed by atoms with Crippen LogP contribution in [0, 0.1) is 0 Å². The second-order valence-corrected chi connectivity index (χ2v) is 3.78. The highest BCUT2D eigenvalue weighted by Crippen LogP contribution is 2.24. The van der Waals surface area contributed by atoms with E-state index in [1.807, 2.05) is 37.3 Å². The normalized spacial score (nSPS) is 24.3. The van der Waals surface area contributed by atoms with Gasteiger partial charge in [0.25, 0.3) is 0 Å². The van der Waals surface area contributed by atoms with Crippen molar-refractivity contribution in [3.05, 3.63) is 35.9 Å². The number of hydrogen-bond acceptors (Lipinski definition) is 3. The van der Waals surface area contributed by atoms with Gasteiger partial charge in [-0.3, -0.25) is 0 Å². The van der Waals surface area contributed by atoms with Crippen molar-refractivity contribution in [3.63, 3.8) is 0 Å². The van der Waals surface area contributed by atoms with E-state index in [0.29, 0.717) is 13.2 Å². The molecule has 14 heavy (non-hydrogen) atoms. The SMILES string of the molecule is CC(N)(OCc1ccccc1)C1CO1. The highest BCUT2D eigenvalue weighted by molar-refractivity contribution is 5.13. The molecule has 0 bridgehead atoms. The highest BCUT2D eigenvalue weighted by atomic mass is 16.6. The molecular formula is C11H15NO2. The van der Waals surface area contributed by atoms with Crippen molar-refractivity contribution in [2.24, 2.45) is 5.73 Å². The smallest absolute Gasteiger partial charge is 0.143 e. The van der Waals surface area contributed by atoms with E-state index in [1.165, 1.54) is 0 Å². The van der Waals surface area contributed by atoms with Gasteiger partial charge in [-0.1, -0.05) is 30.3 Å². The molecule has 1 saturated heterocycles. The van der Waals surface area contributed by atoms with E-state index in [0.717, 1.165) is 5.56 Å². The lowest BCUT2D eigenvalue weighted by Crippen LogP contribution is -2.44. The Balaban J connectivity index is 1.87. The van der Waals surface area contributed by atoms with Crippen molar-refractivity contribution < 1.29 is 9.47 Å². The van der Waals surface area contributed by atoms with Gasteiger partial charge in [0, 0.05) is 0 Å². The van der Waals surface area contributed by atoms with Gasteiger partial charge in [-0.15, -0.1) is 0 Å². The molecule has 2 atom stereocenters. The van der Waals surface area contributed by atoms with Crippen LogP contribution >= 0.6 is 0 Å². The van der Waals surface area contributed by atoms with Crippen LogP contribution < -0.4 is 5.73 Å². The first-order chi connectivity index (χ1) is 6.68. The molecular weight excluding hydrogens is 178 g/mol. The zero-order valence-corrected chi connectivity index (χ0v) is 8.27. The minimum absolute atomic E-state index is 0.0613. The van der Waals surface area contributed by atoms with E-state index in [2.05, 4.69) is 0 Å². The van der Waals surface area contributed by atoms with Crippen LogP contribution in [0.2, 0.25) is 0 Å². The maximum atomic E-state index is 5.92. The Morgan fingerprint density at radius 3 is 2.71 bits per heavy atom. The summed E-state index contributed by atoms with van der Waals surface area (Å²) >= 11 is 0. The molecule has 0 saturated carbocycles. The Bertz CT molecular complexity index is 293. The van der Waals surface area contributed by atoms with Gasteiger partial charge in [-0.2, -0.15) is 0 Å². The topological polar surface area (TPSA) is 47.8 Å². The summed E-state index contributed by atoms with van der Waals surface area (Å²) in [7, 11) is 0.